The van der Waals surface area contributed by atoms with E-state index in [4.69, 9.17) is 5.73 Å². The van der Waals surface area contributed by atoms with E-state index in [1.54, 1.807) is 18.2 Å². The number of hydrogen-bond acceptors (Lipinski definition) is 4. The zero-order valence-electron chi connectivity index (χ0n) is 9.53. The molecular formula is C13H13NO3. The maximum Gasteiger partial charge on any atom is 0.183 e. The van der Waals surface area contributed by atoms with Crippen molar-refractivity contribution in [3.8, 4) is 0 Å². The van der Waals surface area contributed by atoms with E-state index < -0.39 is 17.5 Å². The molecule has 0 amide bonds. The molecule has 0 saturated carbocycles. The van der Waals surface area contributed by atoms with Gasteiger partial charge in [0.05, 0.1) is 5.56 Å². The summed E-state index contributed by atoms with van der Waals surface area (Å²) in [4.78, 5) is 35.8. The van der Waals surface area contributed by atoms with E-state index in [9.17, 15) is 14.4 Å². The molecule has 17 heavy (non-hydrogen) atoms. The minimum absolute atomic E-state index is 0.215. The van der Waals surface area contributed by atoms with E-state index in [-0.39, 0.29) is 29.0 Å². The maximum absolute atomic E-state index is 12.0. The summed E-state index contributed by atoms with van der Waals surface area (Å²) >= 11 is 0. The Morgan fingerprint density at radius 1 is 1.29 bits per heavy atom. The third kappa shape index (κ3) is 1.65. The number of ketones is 3. The van der Waals surface area contributed by atoms with Crippen molar-refractivity contribution in [3.05, 3.63) is 29.3 Å². The van der Waals surface area contributed by atoms with Crippen LogP contribution in [-0.4, -0.2) is 17.3 Å². The molecule has 0 heterocycles. The minimum atomic E-state index is -1.16. The molecule has 4 heteroatoms. The van der Waals surface area contributed by atoms with Crippen LogP contribution in [0.4, 0.5) is 5.69 Å². The Morgan fingerprint density at radius 2 is 2.00 bits per heavy atom. The van der Waals surface area contributed by atoms with Gasteiger partial charge in [-0.25, -0.2) is 0 Å². The zero-order chi connectivity index (χ0) is 12.6. The molecule has 2 N–H and O–H groups in total. The number of nitrogens with two attached hydrogens (primary N) is 1. The van der Waals surface area contributed by atoms with Crippen molar-refractivity contribution < 1.29 is 14.4 Å². The van der Waals surface area contributed by atoms with Gasteiger partial charge in [0.25, 0.3) is 0 Å². The first-order chi connectivity index (χ1) is 8.07. The monoisotopic (exact) mass is 231 g/mol. The number of carbonyl (C=O) groups excluding carboxylic acids is 3. The molecule has 0 aliphatic heterocycles. The van der Waals surface area contributed by atoms with Crippen LogP contribution in [0.5, 0.6) is 0 Å². The first kappa shape index (κ1) is 11.5. The average molecular weight is 231 g/mol. The number of hydrogen-bond donors (Lipinski definition) is 1. The topological polar surface area (TPSA) is 77.2 Å². The fourth-order valence-corrected chi connectivity index (χ4v) is 2.15. The summed E-state index contributed by atoms with van der Waals surface area (Å²) in [6.07, 6.45) is 0.873. The molecule has 1 aliphatic carbocycles. The first-order valence-corrected chi connectivity index (χ1v) is 5.57. The summed E-state index contributed by atoms with van der Waals surface area (Å²) < 4.78 is 0. The van der Waals surface area contributed by atoms with Crippen LogP contribution < -0.4 is 5.73 Å². The molecule has 2 rings (SSSR count). The van der Waals surface area contributed by atoms with E-state index in [2.05, 4.69) is 0 Å². The molecule has 0 aromatic heterocycles. The molecule has 1 aromatic rings. The van der Waals surface area contributed by atoms with Crippen LogP contribution in [0.1, 0.15) is 40.5 Å². The molecule has 0 spiro atoms. The average Bonchev–Trinajstić information content (AvgIpc) is 2.53. The van der Waals surface area contributed by atoms with Gasteiger partial charge in [-0.3, -0.25) is 14.4 Å². The predicted octanol–water partition coefficient (Wildman–Crippen LogP) is 1.63. The summed E-state index contributed by atoms with van der Waals surface area (Å²) in [5.74, 6) is -2.31. The predicted molar refractivity (Wildman–Crippen MR) is 62.9 cm³/mol. The van der Waals surface area contributed by atoms with Gasteiger partial charge in [-0.1, -0.05) is 19.1 Å². The van der Waals surface area contributed by atoms with Crippen molar-refractivity contribution in [2.24, 2.45) is 5.92 Å². The fraction of sp³-hybridized carbons (Fsp3) is 0.308. The SMILES string of the molecule is CCCC(=O)C1C(=O)c2cccc(N)c2C1=O. The van der Waals surface area contributed by atoms with Crippen molar-refractivity contribution in [1.29, 1.82) is 0 Å². The lowest BCUT2D eigenvalue weighted by atomic mass is 9.95. The lowest BCUT2D eigenvalue weighted by Gasteiger charge is -2.03. The Labute approximate surface area is 98.8 Å². The van der Waals surface area contributed by atoms with Crippen LogP contribution in [0.2, 0.25) is 0 Å². The lowest BCUT2D eigenvalue weighted by molar-refractivity contribution is -0.120. The van der Waals surface area contributed by atoms with Gasteiger partial charge < -0.3 is 5.73 Å². The zero-order valence-corrected chi connectivity index (χ0v) is 9.53. The van der Waals surface area contributed by atoms with E-state index in [0.29, 0.717) is 6.42 Å². The van der Waals surface area contributed by atoms with Gasteiger partial charge in [-0.05, 0) is 12.5 Å². The Hall–Kier alpha value is -1.97. The second-order valence-electron chi connectivity index (χ2n) is 4.15. The summed E-state index contributed by atoms with van der Waals surface area (Å²) in [5, 5.41) is 0. The van der Waals surface area contributed by atoms with Crippen LogP contribution in [0.15, 0.2) is 18.2 Å². The van der Waals surface area contributed by atoms with Crippen LogP contribution in [0.25, 0.3) is 0 Å². The fourth-order valence-electron chi connectivity index (χ4n) is 2.15. The number of fused-ring (bicyclic) bond motifs is 1. The van der Waals surface area contributed by atoms with Gasteiger partial charge in [0.2, 0.25) is 0 Å². The highest BCUT2D eigenvalue weighted by atomic mass is 16.2. The van der Waals surface area contributed by atoms with Crippen molar-refractivity contribution in [2.45, 2.75) is 19.8 Å². The number of carbonyl (C=O) groups is 3. The normalized spacial score (nSPS) is 18.3. The highest BCUT2D eigenvalue weighted by Crippen LogP contribution is 2.32. The van der Waals surface area contributed by atoms with Crippen molar-refractivity contribution in [1.82, 2.24) is 0 Å². The molecule has 1 aromatic carbocycles. The number of Topliss-reactive ketones (excluding diaryl/α,β-unsaturated/α-hetero) is 3. The molecule has 88 valence electrons. The minimum Gasteiger partial charge on any atom is -0.398 e. The molecule has 1 aliphatic rings. The standard InChI is InChI=1S/C13H13NO3/c1-2-4-9(15)11-12(16)7-5-3-6-8(14)10(7)13(11)17/h3,5-6,11H,2,4,14H2,1H3. The molecule has 1 atom stereocenters. The quantitative estimate of drug-likeness (QED) is 0.633. The van der Waals surface area contributed by atoms with E-state index in [1.807, 2.05) is 6.92 Å². The van der Waals surface area contributed by atoms with E-state index >= 15 is 0 Å². The molecule has 1 unspecified atom stereocenters. The molecule has 0 saturated heterocycles. The second kappa shape index (κ2) is 4.13. The van der Waals surface area contributed by atoms with Gasteiger partial charge >= 0.3 is 0 Å². The van der Waals surface area contributed by atoms with Crippen LogP contribution in [0, 0.1) is 5.92 Å². The van der Waals surface area contributed by atoms with Gasteiger partial charge in [0, 0.05) is 17.7 Å². The van der Waals surface area contributed by atoms with Crippen molar-refractivity contribution in [2.75, 3.05) is 5.73 Å². The lowest BCUT2D eigenvalue weighted by Crippen LogP contribution is -2.25. The Balaban J connectivity index is 2.46. The van der Waals surface area contributed by atoms with Gasteiger partial charge in [0.15, 0.2) is 17.3 Å². The van der Waals surface area contributed by atoms with Gasteiger partial charge in [0.1, 0.15) is 5.92 Å². The Bertz CT molecular complexity index is 519. The van der Waals surface area contributed by atoms with Gasteiger partial charge in [-0.15, -0.1) is 0 Å². The molecular weight excluding hydrogens is 218 g/mol. The molecule has 0 radical (unpaired) electrons. The van der Waals surface area contributed by atoms with E-state index in [1.165, 1.54) is 0 Å². The first-order valence-electron chi connectivity index (χ1n) is 5.57. The number of nitrogen functional groups attached to an aromatic ring is 1. The molecule has 4 nitrogen and oxygen atoms in total. The summed E-state index contributed by atoms with van der Waals surface area (Å²) in [6.45, 7) is 1.84. The summed E-state index contributed by atoms with van der Waals surface area (Å²) in [7, 11) is 0. The van der Waals surface area contributed by atoms with E-state index in [0.717, 1.165) is 0 Å². The second-order valence-corrected chi connectivity index (χ2v) is 4.15. The Kier molecular flexibility index (Phi) is 2.79. The highest BCUT2D eigenvalue weighted by Gasteiger charge is 2.43. The van der Waals surface area contributed by atoms with Crippen molar-refractivity contribution >= 4 is 23.0 Å². The number of benzene rings is 1. The van der Waals surface area contributed by atoms with Crippen molar-refractivity contribution in [3.63, 3.8) is 0 Å². The third-order valence-electron chi connectivity index (χ3n) is 2.95. The largest absolute Gasteiger partial charge is 0.398 e. The van der Waals surface area contributed by atoms with Gasteiger partial charge in [-0.2, -0.15) is 0 Å². The smallest absolute Gasteiger partial charge is 0.183 e. The Morgan fingerprint density at radius 3 is 2.59 bits per heavy atom. The number of anilines is 1. The van der Waals surface area contributed by atoms with Crippen LogP contribution in [0.3, 0.4) is 0 Å². The molecule has 0 fully saturated rings. The molecule has 0 bridgehead atoms. The summed E-state index contributed by atoms with van der Waals surface area (Å²) in [5.41, 5.74) is 6.44. The number of rotatable bonds is 3. The summed E-state index contributed by atoms with van der Waals surface area (Å²) in [6, 6.07) is 4.73. The maximum atomic E-state index is 12.0. The third-order valence-corrected chi connectivity index (χ3v) is 2.95. The highest BCUT2D eigenvalue weighted by molar-refractivity contribution is 6.36. The van der Waals surface area contributed by atoms with Crippen LogP contribution >= 0.6 is 0 Å². The van der Waals surface area contributed by atoms with Crippen LogP contribution in [-0.2, 0) is 4.79 Å².